The molecule has 0 saturated heterocycles. The summed E-state index contributed by atoms with van der Waals surface area (Å²) in [6.45, 7) is -0.192. The van der Waals surface area contributed by atoms with Crippen LogP contribution in [0.3, 0.4) is 0 Å². The van der Waals surface area contributed by atoms with Crippen LogP contribution in [-0.2, 0) is 11.5 Å². The van der Waals surface area contributed by atoms with E-state index < -0.39 is 5.75 Å². The highest BCUT2D eigenvalue weighted by Gasteiger charge is 2.07. The third-order valence-electron chi connectivity index (χ3n) is 1.74. The van der Waals surface area contributed by atoms with Crippen LogP contribution < -0.4 is 0 Å². The molecule has 0 bridgehead atoms. The molecule has 0 saturated carbocycles. The maximum atomic E-state index is 10.2. The van der Waals surface area contributed by atoms with E-state index in [2.05, 4.69) is 0 Å². The number of phenols is 3. The number of hydrogen-bond donors (Lipinski definition) is 3. The van der Waals surface area contributed by atoms with E-state index in [1.165, 1.54) is 12.1 Å². The van der Waals surface area contributed by atoms with Gasteiger partial charge in [0.05, 0.1) is 6.61 Å². The third-order valence-corrected chi connectivity index (χ3v) is 1.74. The van der Waals surface area contributed by atoms with Crippen LogP contribution in [0.2, 0.25) is 0 Å². The summed E-state index contributed by atoms with van der Waals surface area (Å²) in [6.07, 6.45) is 0.939. The Morgan fingerprint density at radius 3 is 2.08 bits per heavy atom. The predicted molar refractivity (Wildman–Crippen MR) is 45.3 cm³/mol. The van der Waals surface area contributed by atoms with Crippen molar-refractivity contribution < 1.29 is 20.4 Å². The van der Waals surface area contributed by atoms with Gasteiger partial charge in [0, 0.05) is 0 Å². The monoisotopic (exact) mass is 183 g/mol. The smallest absolute Gasteiger partial charge is 0.200 e. The summed E-state index contributed by atoms with van der Waals surface area (Å²) in [5, 5.41) is 37.3. The lowest BCUT2D eigenvalue weighted by atomic mass is 10.1. The van der Waals surface area contributed by atoms with E-state index in [0.717, 1.165) is 0 Å². The lowest BCUT2D eigenvalue weighted by molar-refractivity contribution is 0.189. The van der Waals surface area contributed by atoms with Gasteiger partial charge in [0.25, 0.3) is 0 Å². The van der Waals surface area contributed by atoms with Gasteiger partial charge in [-0.2, -0.15) is 0 Å². The average Bonchev–Trinajstić information content (AvgIpc) is 2.10. The molecule has 0 amide bonds. The Kier molecular flexibility index (Phi) is 2.97. The quantitative estimate of drug-likeness (QED) is 0.615. The van der Waals surface area contributed by atoms with Crippen molar-refractivity contribution in [2.75, 3.05) is 6.61 Å². The molecule has 0 aliphatic heterocycles. The van der Waals surface area contributed by atoms with Gasteiger partial charge in [-0.1, -0.05) is 0 Å². The fourth-order valence-corrected chi connectivity index (χ4v) is 1.08. The number of aromatic hydroxyl groups is 3. The Balaban J connectivity index is 2.86. The summed E-state index contributed by atoms with van der Waals surface area (Å²) in [6, 6.07) is 2.68. The van der Waals surface area contributed by atoms with E-state index in [-0.39, 0.29) is 18.1 Å². The second-order valence-electron chi connectivity index (χ2n) is 2.79. The Hall–Kier alpha value is -1.42. The largest absolute Gasteiger partial charge is 0.504 e. The maximum Gasteiger partial charge on any atom is 0.200 e. The molecule has 1 aromatic rings. The minimum atomic E-state index is -0.522. The molecule has 0 aliphatic carbocycles. The molecule has 0 aromatic heterocycles. The highest BCUT2D eigenvalue weighted by atomic mass is 16.3. The van der Waals surface area contributed by atoms with Gasteiger partial charge in [-0.05, 0) is 30.5 Å². The Morgan fingerprint density at radius 1 is 1.08 bits per heavy atom. The Bertz CT molecular complexity index is 273. The van der Waals surface area contributed by atoms with Gasteiger partial charge in [0.15, 0.2) is 17.2 Å². The number of aryl methyl sites for hydroxylation is 1. The van der Waals surface area contributed by atoms with Crippen molar-refractivity contribution in [3.63, 3.8) is 0 Å². The minimum absolute atomic E-state index is 0.192. The molecule has 71 valence electrons. The first kappa shape index (κ1) is 9.67. The van der Waals surface area contributed by atoms with Gasteiger partial charge < -0.3 is 15.3 Å². The molecule has 0 unspecified atom stereocenters. The maximum absolute atomic E-state index is 10.2. The van der Waals surface area contributed by atoms with Crippen molar-refractivity contribution in [2.24, 2.45) is 0 Å². The van der Waals surface area contributed by atoms with Gasteiger partial charge in [-0.3, -0.25) is 0 Å². The summed E-state index contributed by atoms with van der Waals surface area (Å²) < 4.78 is 0. The molecule has 1 radical (unpaired) electrons. The van der Waals surface area contributed by atoms with Crippen LogP contribution in [0.5, 0.6) is 17.2 Å². The molecule has 13 heavy (non-hydrogen) atoms. The molecule has 3 N–H and O–H groups in total. The van der Waals surface area contributed by atoms with E-state index in [1.54, 1.807) is 0 Å². The Labute approximate surface area is 75.7 Å². The lowest BCUT2D eigenvalue weighted by Gasteiger charge is -2.04. The van der Waals surface area contributed by atoms with Gasteiger partial charge >= 0.3 is 0 Å². The first-order valence-corrected chi connectivity index (χ1v) is 3.97. The van der Waals surface area contributed by atoms with Crippen LogP contribution in [0, 0.1) is 0 Å². The van der Waals surface area contributed by atoms with E-state index in [4.69, 9.17) is 15.3 Å². The van der Waals surface area contributed by atoms with Crippen molar-refractivity contribution >= 4 is 0 Å². The first-order chi connectivity index (χ1) is 6.15. The van der Waals surface area contributed by atoms with E-state index in [9.17, 15) is 5.11 Å². The lowest BCUT2D eigenvalue weighted by Crippen LogP contribution is -1.88. The van der Waals surface area contributed by atoms with Crippen molar-refractivity contribution in [1.29, 1.82) is 0 Å². The summed E-state index contributed by atoms with van der Waals surface area (Å²) >= 11 is 0. The molecule has 0 aliphatic rings. The van der Waals surface area contributed by atoms with Crippen LogP contribution >= 0.6 is 0 Å². The number of rotatable bonds is 3. The van der Waals surface area contributed by atoms with Crippen molar-refractivity contribution in [2.45, 2.75) is 12.8 Å². The summed E-state index contributed by atoms with van der Waals surface area (Å²) in [5.74, 6) is -1.24. The zero-order valence-corrected chi connectivity index (χ0v) is 7.03. The fraction of sp³-hybridized carbons (Fsp3) is 0.333. The van der Waals surface area contributed by atoms with E-state index in [0.29, 0.717) is 18.4 Å². The summed E-state index contributed by atoms with van der Waals surface area (Å²) in [4.78, 5) is 0. The van der Waals surface area contributed by atoms with Crippen molar-refractivity contribution in [3.8, 4) is 17.2 Å². The molecule has 0 spiro atoms. The van der Waals surface area contributed by atoms with Crippen molar-refractivity contribution in [1.82, 2.24) is 0 Å². The molecule has 4 nitrogen and oxygen atoms in total. The SMILES string of the molecule is [O]CCCc1cc(O)c(O)c(O)c1. The van der Waals surface area contributed by atoms with Crippen molar-refractivity contribution in [3.05, 3.63) is 17.7 Å². The van der Waals surface area contributed by atoms with Crippen LogP contribution in [-0.4, -0.2) is 21.9 Å². The number of hydrogen-bond acceptors (Lipinski definition) is 3. The minimum Gasteiger partial charge on any atom is -0.504 e. The van der Waals surface area contributed by atoms with Crippen LogP contribution in [0.25, 0.3) is 0 Å². The second-order valence-corrected chi connectivity index (χ2v) is 2.79. The van der Waals surface area contributed by atoms with E-state index in [1.807, 2.05) is 0 Å². The molecule has 4 heteroatoms. The third kappa shape index (κ3) is 2.26. The topological polar surface area (TPSA) is 80.6 Å². The standard InChI is InChI=1S/C9H11O4/c10-3-1-2-6-4-7(11)9(13)8(12)5-6/h4-5,11-13H,1-3H2. The van der Waals surface area contributed by atoms with Crippen LogP contribution in [0.4, 0.5) is 0 Å². The van der Waals surface area contributed by atoms with E-state index >= 15 is 0 Å². The highest BCUT2D eigenvalue weighted by molar-refractivity contribution is 5.51. The molecule has 0 heterocycles. The zero-order chi connectivity index (χ0) is 9.84. The molecule has 0 atom stereocenters. The van der Waals surface area contributed by atoms with Gasteiger partial charge in [0.2, 0.25) is 0 Å². The highest BCUT2D eigenvalue weighted by Crippen LogP contribution is 2.35. The average molecular weight is 183 g/mol. The molecular weight excluding hydrogens is 172 g/mol. The molecule has 0 fully saturated rings. The van der Waals surface area contributed by atoms with Gasteiger partial charge in [-0.25, -0.2) is 5.11 Å². The van der Waals surface area contributed by atoms with Gasteiger partial charge in [0.1, 0.15) is 0 Å². The van der Waals surface area contributed by atoms with Crippen LogP contribution in [0.1, 0.15) is 12.0 Å². The molecule has 1 rings (SSSR count). The zero-order valence-electron chi connectivity index (χ0n) is 7.03. The summed E-state index contributed by atoms with van der Waals surface area (Å²) in [7, 11) is 0. The normalized spacial score (nSPS) is 10.2. The fourth-order valence-electron chi connectivity index (χ4n) is 1.08. The second kappa shape index (κ2) is 4.00. The van der Waals surface area contributed by atoms with Crippen LogP contribution in [0.15, 0.2) is 12.1 Å². The van der Waals surface area contributed by atoms with Gasteiger partial charge in [-0.15, -0.1) is 0 Å². The molecule has 1 aromatic carbocycles. The first-order valence-electron chi connectivity index (χ1n) is 3.97. The molecular formula is C9H11O4. The number of phenolic OH excluding ortho intramolecular Hbond substituents is 3. The number of benzene rings is 1. The Morgan fingerprint density at radius 2 is 1.62 bits per heavy atom. The predicted octanol–water partition coefficient (Wildman–Crippen LogP) is 1.17. The summed E-state index contributed by atoms with van der Waals surface area (Å²) in [5.41, 5.74) is 0.642.